The van der Waals surface area contributed by atoms with Gasteiger partial charge in [0.1, 0.15) is 11.6 Å². The second-order valence-corrected chi connectivity index (χ2v) is 5.89. The number of rotatable bonds is 4. The Hall–Kier alpha value is -2.01. The quantitative estimate of drug-likeness (QED) is 0.942. The van der Waals surface area contributed by atoms with Crippen LogP contribution in [-0.4, -0.2) is 36.1 Å². The Morgan fingerprint density at radius 1 is 1.17 bits per heavy atom. The van der Waals surface area contributed by atoms with Crippen molar-refractivity contribution in [1.82, 2.24) is 15.3 Å². The summed E-state index contributed by atoms with van der Waals surface area (Å²) in [5.41, 5.74) is 1.76. The Morgan fingerprint density at radius 3 is 2.91 bits per heavy atom. The first kappa shape index (κ1) is 15.9. The molecule has 0 unspecified atom stereocenters. The molecular formula is C18H23FN4. The molecule has 5 heteroatoms. The maximum atomic E-state index is 13.5. The summed E-state index contributed by atoms with van der Waals surface area (Å²) in [6.07, 6.45) is 3.03. The van der Waals surface area contributed by atoms with E-state index in [1.54, 1.807) is 6.07 Å². The zero-order valence-electron chi connectivity index (χ0n) is 13.6. The van der Waals surface area contributed by atoms with Gasteiger partial charge in [-0.05, 0) is 31.5 Å². The summed E-state index contributed by atoms with van der Waals surface area (Å²) in [5, 5.41) is 3.41. The SMILES string of the molecule is CCCc1cc(N2CCCNCC2)nc(-c2cccc(F)c2)n1. The topological polar surface area (TPSA) is 41.0 Å². The molecule has 1 saturated heterocycles. The van der Waals surface area contributed by atoms with Gasteiger partial charge in [-0.1, -0.05) is 25.5 Å². The van der Waals surface area contributed by atoms with Crippen LogP contribution in [-0.2, 0) is 6.42 Å². The molecule has 1 aromatic carbocycles. The highest BCUT2D eigenvalue weighted by Gasteiger charge is 2.14. The van der Waals surface area contributed by atoms with Gasteiger partial charge in [-0.2, -0.15) is 0 Å². The molecule has 1 N–H and O–H groups in total. The zero-order chi connectivity index (χ0) is 16.1. The van der Waals surface area contributed by atoms with Crippen LogP contribution in [0, 0.1) is 5.82 Å². The van der Waals surface area contributed by atoms with Crippen molar-refractivity contribution in [3.8, 4) is 11.4 Å². The van der Waals surface area contributed by atoms with E-state index in [0.29, 0.717) is 5.82 Å². The Bertz CT molecular complexity index is 651. The monoisotopic (exact) mass is 314 g/mol. The summed E-state index contributed by atoms with van der Waals surface area (Å²) < 4.78 is 13.5. The molecule has 2 aromatic rings. The fourth-order valence-electron chi connectivity index (χ4n) is 2.86. The summed E-state index contributed by atoms with van der Waals surface area (Å²) in [6.45, 7) is 6.06. The molecule has 0 saturated carbocycles. The van der Waals surface area contributed by atoms with Gasteiger partial charge < -0.3 is 10.2 Å². The molecular weight excluding hydrogens is 291 g/mol. The number of nitrogens with zero attached hydrogens (tertiary/aromatic N) is 3. The zero-order valence-corrected chi connectivity index (χ0v) is 13.6. The molecule has 122 valence electrons. The van der Waals surface area contributed by atoms with Gasteiger partial charge in [0, 0.05) is 37.0 Å². The molecule has 1 aromatic heterocycles. The van der Waals surface area contributed by atoms with Crippen LogP contribution >= 0.6 is 0 Å². The molecule has 23 heavy (non-hydrogen) atoms. The van der Waals surface area contributed by atoms with Crippen molar-refractivity contribution >= 4 is 5.82 Å². The summed E-state index contributed by atoms with van der Waals surface area (Å²) in [7, 11) is 0. The van der Waals surface area contributed by atoms with E-state index in [4.69, 9.17) is 4.98 Å². The van der Waals surface area contributed by atoms with Gasteiger partial charge in [0.15, 0.2) is 5.82 Å². The van der Waals surface area contributed by atoms with E-state index in [0.717, 1.165) is 62.5 Å². The first-order chi connectivity index (χ1) is 11.3. The minimum atomic E-state index is -0.257. The molecule has 4 nitrogen and oxygen atoms in total. The molecule has 0 aliphatic carbocycles. The minimum Gasteiger partial charge on any atom is -0.355 e. The molecule has 1 fully saturated rings. The average Bonchev–Trinajstić information content (AvgIpc) is 2.84. The smallest absolute Gasteiger partial charge is 0.161 e. The number of benzene rings is 1. The molecule has 0 amide bonds. The lowest BCUT2D eigenvalue weighted by molar-refractivity contribution is 0.628. The normalized spacial score (nSPS) is 15.5. The van der Waals surface area contributed by atoms with Crippen molar-refractivity contribution in [1.29, 1.82) is 0 Å². The van der Waals surface area contributed by atoms with Gasteiger partial charge in [0.05, 0.1) is 0 Å². The van der Waals surface area contributed by atoms with Gasteiger partial charge in [-0.3, -0.25) is 0 Å². The highest BCUT2D eigenvalue weighted by molar-refractivity contribution is 5.58. The molecule has 0 radical (unpaired) electrons. The van der Waals surface area contributed by atoms with Crippen LogP contribution in [0.5, 0.6) is 0 Å². The molecule has 1 aliphatic heterocycles. The first-order valence-corrected chi connectivity index (χ1v) is 8.36. The summed E-state index contributed by atoms with van der Waals surface area (Å²) in [5.74, 6) is 1.31. The van der Waals surface area contributed by atoms with E-state index in [-0.39, 0.29) is 5.82 Å². The Morgan fingerprint density at radius 2 is 2.09 bits per heavy atom. The summed E-state index contributed by atoms with van der Waals surface area (Å²) >= 11 is 0. The predicted molar refractivity (Wildman–Crippen MR) is 91.1 cm³/mol. The van der Waals surface area contributed by atoms with Crippen molar-refractivity contribution in [2.75, 3.05) is 31.1 Å². The highest BCUT2D eigenvalue weighted by Crippen LogP contribution is 2.22. The molecule has 2 heterocycles. The van der Waals surface area contributed by atoms with Gasteiger partial charge in [-0.15, -0.1) is 0 Å². The first-order valence-electron chi connectivity index (χ1n) is 8.36. The Kier molecular flexibility index (Phi) is 5.18. The van der Waals surface area contributed by atoms with E-state index in [1.807, 2.05) is 6.07 Å². The maximum Gasteiger partial charge on any atom is 0.161 e. The molecule has 0 spiro atoms. The van der Waals surface area contributed by atoms with Crippen LogP contribution < -0.4 is 10.2 Å². The third-order valence-corrected chi connectivity index (χ3v) is 4.02. The largest absolute Gasteiger partial charge is 0.355 e. The van der Waals surface area contributed by atoms with Gasteiger partial charge in [-0.25, -0.2) is 14.4 Å². The summed E-state index contributed by atoms with van der Waals surface area (Å²) in [6, 6.07) is 8.59. The van der Waals surface area contributed by atoms with E-state index in [1.165, 1.54) is 12.1 Å². The maximum absolute atomic E-state index is 13.5. The fourth-order valence-corrected chi connectivity index (χ4v) is 2.86. The lowest BCUT2D eigenvalue weighted by atomic mass is 10.2. The second-order valence-electron chi connectivity index (χ2n) is 5.89. The number of hydrogen-bond acceptors (Lipinski definition) is 4. The van der Waals surface area contributed by atoms with E-state index >= 15 is 0 Å². The number of anilines is 1. The molecule has 3 rings (SSSR count). The van der Waals surface area contributed by atoms with Gasteiger partial charge in [0.2, 0.25) is 0 Å². The lowest BCUT2D eigenvalue weighted by Gasteiger charge is -2.22. The third-order valence-electron chi connectivity index (χ3n) is 4.02. The van der Waals surface area contributed by atoms with Crippen LogP contribution in [0.15, 0.2) is 30.3 Å². The second kappa shape index (κ2) is 7.51. The van der Waals surface area contributed by atoms with Crippen molar-refractivity contribution in [2.45, 2.75) is 26.2 Å². The van der Waals surface area contributed by atoms with E-state index in [2.05, 4.69) is 28.2 Å². The van der Waals surface area contributed by atoms with Crippen molar-refractivity contribution in [2.24, 2.45) is 0 Å². The van der Waals surface area contributed by atoms with Crippen LogP contribution in [0.4, 0.5) is 10.2 Å². The molecule has 1 aliphatic rings. The van der Waals surface area contributed by atoms with Crippen LogP contribution in [0.25, 0.3) is 11.4 Å². The van der Waals surface area contributed by atoms with Gasteiger partial charge >= 0.3 is 0 Å². The molecule has 0 bridgehead atoms. The van der Waals surface area contributed by atoms with E-state index in [9.17, 15) is 4.39 Å². The Labute approximate surface area is 136 Å². The number of hydrogen-bond donors (Lipinski definition) is 1. The van der Waals surface area contributed by atoms with E-state index < -0.39 is 0 Å². The number of halogens is 1. The molecule has 0 atom stereocenters. The van der Waals surface area contributed by atoms with Gasteiger partial charge in [0.25, 0.3) is 0 Å². The minimum absolute atomic E-state index is 0.257. The fraction of sp³-hybridized carbons (Fsp3) is 0.444. The van der Waals surface area contributed by atoms with Crippen LogP contribution in [0.2, 0.25) is 0 Å². The van der Waals surface area contributed by atoms with Crippen LogP contribution in [0.3, 0.4) is 0 Å². The summed E-state index contributed by atoms with van der Waals surface area (Å²) in [4.78, 5) is 11.6. The van der Waals surface area contributed by atoms with Crippen molar-refractivity contribution < 1.29 is 4.39 Å². The number of aromatic nitrogens is 2. The standard InChI is InChI=1S/C18H23FN4/c1-2-5-16-13-17(23-10-4-8-20-9-11-23)22-18(21-16)14-6-3-7-15(19)12-14/h3,6-7,12-13,20H,2,4-5,8-11H2,1H3. The predicted octanol–water partition coefficient (Wildman–Crippen LogP) is 3.03. The lowest BCUT2D eigenvalue weighted by Crippen LogP contribution is -2.29. The highest BCUT2D eigenvalue weighted by atomic mass is 19.1. The van der Waals surface area contributed by atoms with Crippen molar-refractivity contribution in [3.63, 3.8) is 0 Å². The Balaban J connectivity index is 1.98. The third kappa shape index (κ3) is 4.05. The number of aryl methyl sites for hydroxylation is 1. The van der Waals surface area contributed by atoms with Crippen LogP contribution in [0.1, 0.15) is 25.5 Å². The number of nitrogens with one attached hydrogen (secondary N) is 1. The average molecular weight is 314 g/mol. The van der Waals surface area contributed by atoms with Crippen molar-refractivity contribution in [3.05, 3.63) is 41.8 Å².